The van der Waals surface area contributed by atoms with Gasteiger partial charge >= 0.3 is 0 Å². The number of benzene rings is 1. The van der Waals surface area contributed by atoms with Crippen molar-refractivity contribution in [3.8, 4) is 0 Å². The predicted octanol–water partition coefficient (Wildman–Crippen LogP) is 3.83. The first-order chi connectivity index (χ1) is 8.48. The average Bonchev–Trinajstić information content (AvgIpc) is 2.28. The first-order valence-electron chi connectivity index (χ1n) is 7.00. The van der Waals surface area contributed by atoms with E-state index in [1.165, 1.54) is 11.1 Å². The van der Waals surface area contributed by atoms with Crippen molar-refractivity contribution in [3.63, 3.8) is 0 Å². The Morgan fingerprint density at radius 3 is 2.20 bits per heavy atom. The maximum absolute atomic E-state index is 3.44. The van der Waals surface area contributed by atoms with Gasteiger partial charge in [-0.1, -0.05) is 50.6 Å². The van der Waals surface area contributed by atoms with Crippen LogP contribution in [0.15, 0.2) is 24.3 Å². The lowest BCUT2D eigenvalue weighted by atomic mass is 9.80. The third kappa shape index (κ3) is 4.92. The molecule has 1 aromatic carbocycles. The van der Waals surface area contributed by atoms with Gasteiger partial charge in [0.05, 0.1) is 0 Å². The third-order valence-corrected chi connectivity index (χ3v) is 3.69. The van der Waals surface area contributed by atoms with E-state index in [9.17, 15) is 0 Å². The molecule has 1 heterocycles. The molecule has 2 rings (SSSR count). The Labute approximate surface area is 136 Å². The number of hydrogen-bond acceptors (Lipinski definition) is 2. The van der Waals surface area contributed by atoms with Gasteiger partial charge in [0, 0.05) is 32.2 Å². The van der Waals surface area contributed by atoms with Crippen molar-refractivity contribution >= 4 is 24.8 Å². The molecule has 0 aromatic heterocycles. The molecule has 0 aliphatic carbocycles. The number of rotatable bonds is 2. The van der Waals surface area contributed by atoms with Crippen molar-refractivity contribution in [2.24, 2.45) is 5.41 Å². The molecule has 1 fully saturated rings. The number of aryl methyl sites for hydroxylation is 1. The van der Waals surface area contributed by atoms with Crippen LogP contribution >= 0.6 is 24.8 Å². The van der Waals surface area contributed by atoms with Crippen molar-refractivity contribution < 1.29 is 0 Å². The van der Waals surface area contributed by atoms with Crippen LogP contribution in [0.3, 0.4) is 0 Å². The third-order valence-electron chi connectivity index (χ3n) is 3.69. The summed E-state index contributed by atoms with van der Waals surface area (Å²) < 4.78 is 0. The summed E-state index contributed by atoms with van der Waals surface area (Å²) in [5.74, 6) is 0. The summed E-state index contributed by atoms with van der Waals surface area (Å²) in [6.07, 6.45) is 0. The van der Waals surface area contributed by atoms with Crippen molar-refractivity contribution in [3.05, 3.63) is 35.4 Å². The summed E-state index contributed by atoms with van der Waals surface area (Å²) >= 11 is 0. The highest BCUT2D eigenvalue weighted by atomic mass is 35.5. The summed E-state index contributed by atoms with van der Waals surface area (Å²) in [6, 6.07) is 9.51. The van der Waals surface area contributed by atoms with Crippen LogP contribution in [-0.4, -0.2) is 31.1 Å². The second-order valence-electron chi connectivity index (χ2n) is 6.47. The molecule has 1 saturated heterocycles. The molecule has 1 aliphatic rings. The van der Waals surface area contributed by atoms with Crippen molar-refractivity contribution in [2.45, 2.75) is 33.7 Å². The molecular weight excluding hydrogens is 291 g/mol. The molecule has 1 aliphatic heterocycles. The molecular formula is C16H28Cl2N2. The lowest BCUT2D eigenvalue weighted by Crippen LogP contribution is -2.48. The topological polar surface area (TPSA) is 15.3 Å². The van der Waals surface area contributed by atoms with E-state index in [2.05, 4.69) is 62.2 Å². The van der Waals surface area contributed by atoms with E-state index in [4.69, 9.17) is 0 Å². The highest BCUT2D eigenvalue weighted by Gasteiger charge is 2.32. The molecule has 0 bridgehead atoms. The average molecular weight is 319 g/mol. The molecule has 20 heavy (non-hydrogen) atoms. The summed E-state index contributed by atoms with van der Waals surface area (Å²) in [5, 5.41) is 3.44. The van der Waals surface area contributed by atoms with E-state index < -0.39 is 0 Å². The van der Waals surface area contributed by atoms with Gasteiger partial charge in [-0.25, -0.2) is 0 Å². The monoisotopic (exact) mass is 318 g/mol. The van der Waals surface area contributed by atoms with E-state index in [1.54, 1.807) is 0 Å². The molecule has 0 radical (unpaired) electrons. The van der Waals surface area contributed by atoms with Crippen molar-refractivity contribution in [1.29, 1.82) is 0 Å². The maximum atomic E-state index is 3.44. The Bertz CT molecular complexity index is 396. The highest BCUT2D eigenvalue weighted by molar-refractivity contribution is 5.85. The van der Waals surface area contributed by atoms with Gasteiger partial charge < -0.3 is 5.32 Å². The summed E-state index contributed by atoms with van der Waals surface area (Å²) in [6.45, 7) is 13.7. The van der Waals surface area contributed by atoms with Crippen molar-refractivity contribution in [1.82, 2.24) is 10.2 Å². The minimum atomic E-state index is 0. The lowest BCUT2D eigenvalue weighted by molar-refractivity contribution is 0.0862. The van der Waals surface area contributed by atoms with Gasteiger partial charge in [0.2, 0.25) is 0 Å². The van der Waals surface area contributed by atoms with Crippen LogP contribution in [0.1, 0.15) is 37.9 Å². The number of hydrogen-bond donors (Lipinski definition) is 1. The number of nitrogens with one attached hydrogen (secondary N) is 1. The quantitative estimate of drug-likeness (QED) is 0.891. The summed E-state index contributed by atoms with van der Waals surface area (Å²) in [7, 11) is 0. The largest absolute Gasteiger partial charge is 0.314 e. The van der Waals surface area contributed by atoms with E-state index in [1.807, 2.05) is 0 Å². The second kappa shape index (κ2) is 8.23. The first-order valence-corrected chi connectivity index (χ1v) is 7.00. The second-order valence-corrected chi connectivity index (χ2v) is 6.47. The van der Waals surface area contributed by atoms with Crippen LogP contribution < -0.4 is 5.32 Å². The minimum absolute atomic E-state index is 0. The molecule has 0 saturated carbocycles. The Hall–Kier alpha value is -0.280. The van der Waals surface area contributed by atoms with Crippen LogP contribution in [0.5, 0.6) is 0 Å². The normalized spacial score (nSPS) is 17.8. The van der Waals surface area contributed by atoms with E-state index in [0.29, 0.717) is 6.04 Å². The van der Waals surface area contributed by atoms with Gasteiger partial charge in [-0.15, -0.1) is 24.8 Å². The first kappa shape index (κ1) is 19.7. The maximum Gasteiger partial charge on any atom is 0.0397 e. The van der Waals surface area contributed by atoms with E-state index in [-0.39, 0.29) is 30.2 Å². The lowest BCUT2D eigenvalue weighted by Gasteiger charge is -2.42. The fraction of sp³-hybridized carbons (Fsp3) is 0.625. The fourth-order valence-corrected chi connectivity index (χ4v) is 3.04. The number of halogens is 2. The van der Waals surface area contributed by atoms with Gasteiger partial charge in [-0.3, -0.25) is 4.90 Å². The van der Waals surface area contributed by atoms with Crippen LogP contribution in [-0.2, 0) is 0 Å². The van der Waals surface area contributed by atoms with E-state index in [0.717, 1.165) is 26.2 Å². The van der Waals surface area contributed by atoms with Gasteiger partial charge in [0.15, 0.2) is 0 Å². The minimum Gasteiger partial charge on any atom is -0.314 e. The molecule has 4 heteroatoms. The zero-order chi connectivity index (χ0) is 13.2. The van der Waals surface area contributed by atoms with E-state index >= 15 is 0 Å². The molecule has 0 amide bonds. The fourth-order valence-electron chi connectivity index (χ4n) is 3.04. The molecule has 1 aromatic rings. The summed E-state index contributed by atoms with van der Waals surface area (Å²) in [4.78, 5) is 2.63. The van der Waals surface area contributed by atoms with Gasteiger partial charge in [-0.05, 0) is 17.9 Å². The van der Waals surface area contributed by atoms with Crippen LogP contribution in [0.4, 0.5) is 0 Å². The van der Waals surface area contributed by atoms with Gasteiger partial charge in [0.1, 0.15) is 0 Å². The predicted molar refractivity (Wildman–Crippen MR) is 92.3 cm³/mol. The zero-order valence-corrected chi connectivity index (χ0v) is 14.6. The molecule has 0 spiro atoms. The van der Waals surface area contributed by atoms with Crippen LogP contribution in [0.2, 0.25) is 0 Å². The highest BCUT2D eigenvalue weighted by Crippen LogP contribution is 2.38. The van der Waals surface area contributed by atoms with Gasteiger partial charge in [-0.2, -0.15) is 0 Å². The van der Waals surface area contributed by atoms with Crippen LogP contribution in [0, 0.1) is 12.3 Å². The molecule has 116 valence electrons. The van der Waals surface area contributed by atoms with Crippen molar-refractivity contribution in [2.75, 3.05) is 26.2 Å². The smallest absolute Gasteiger partial charge is 0.0397 e. The zero-order valence-electron chi connectivity index (χ0n) is 13.0. The standard InChI is InChI=1S/C16H26N2.2ClH/c1-13-6-5-7-14(12-13)15(16(2,3)4)18-10-8-17-9-11-18;;/h5-7,12,15,17H,8-11H2,1-4H3;2*1H/t15-;;/m1../s1. The van der Waals surface area contributed by atoms with Crippen LogP contribution in [0.25, 0.3) is 0 Å². The Morgan fingerprint density at radius 1 is 1.10 bits per heavy atom. The SMILES string of the molecule is Cc1cccc([C@@H](N2CCNCC2)C(C)(C)C)c1.Cl.Cl. The van der Waals surface area contributed by atoms with Gasteiger partial charge in [0.25, 0.3) is 0 Å². The Morgan fingerprint density at radius 2 is 1.70 bits per heavy atom. The number of nitrogens with zero attached hydrogens (tertiary/aromatic N) is 1. The Balaban J connectivity index is 0.00000180. The molecule has 0 unspecified atom stereocenters. The molecule has 1 N–H and O–H groups in total. The molecule has 1 atom stereocenters. The Kier molecular flexibility index (Phi) is 8.12. The molecule has 2 nitrogen and oxygen atoms in total. The summed E-state index contributed by atoms with van der Waals surface area (Å²) in [5.41, 5.74) is 3.09. The number of piperazine rings is 1.